The molecule has 1 heterocycles. The third-order valence-electron chi connectivity index (χ3n) is 4.51. The lowest BCUT2D eigenvalue weighted by atomic mass is 10.1. The highest BCUT2D eigenvalue weighted by Crippen LogP contribution is 2.27. The molecule has 0 spiro atoms. The van der Waals surface area contributed by atoms with Crippen molar-refractivity contribution in [3.63, 3.8) is 0 Å². The highest BCUT2D eigenvalue weighted by molar-refractivity contribution is 5.58. The van der Waals surface area contributed by atoms with Crippen molar-refractivity contribution in [1.82, 2.24) is 5.32 Å². The molecule has 2 nitrogen and oxygen atoms in total. The topological polar surface area (TPSA) is 15.3 Å². The molecule has 0 radical (unpaired) electrons. The van der Waals surface area contributed by atoms with E-state index in [4.69, 9.17) is 0 Å². The minimum absolute atomic E-state index is 0.936. The first-order valence-corrected chi connectivity index (χ1v) is 7.36. The minimum Gasteiger partial charge on any atom is -0.374 e. The van der Waals surface area contributed by atoms with E-state index < -0.39 is 0 Å². The fourth-order valence-electron chi connectivity index (χ4n) is 3.37. The predicted molar refractivity (Wildman–Crippen MR) is 77.1 cm³/mol. The van der Waals surface area contributed by atoms with Crippen LogP contribution in [0.5, 0.6) is 0 Å². The zero-order chi connectivity index (χ0) is 12.4. The molecule has 1 fully saturated rings. The van der Waals surface area contributed by atoms with Crippen LogP contribution in [0.4, 0.5) is 5.69 Å². The maximum absolute atomic E-state index is 3.63. The average molecular weight is 244 g/mol. The quantitative estimate of drug-likeness (QED) is 0.876. The lowest BCUT2D eigenvalue weighted by molar-refractivity contribution is 0.489. The molecular weight excluding hydrogens is 220 g/mol. The Morgan fingerprint density at radius 2 is 2.11 bits per heavy atom. The first kappa shape index (κ1) is 12.0. The summed E-state index contributed by atoms with van der Waals surface area (Å²) in [6.07, 6.45) is 6.96. The first-order valence-electron chi connectivity index (χ1n) is 7.36. The minimum atomic E-state index is 0.936. The van der Waals surface area contributed by atoms with Gasteiger partial charge in [0.25, 0.3) is 0 Å². The van der Waals surface area contributed by atoms with Crippen molar-refractivity contribution in [2.24, 2.45) is 5.92 Å². The molecule has 0 amide bonds. The maximum atomic E-state index is 3.63. The summed E-state index contributed by atoms with van der Waals surface area (Å²) in [5, 5.41) is 3.63. The van der Waals surface area contributed by atoms with Crippen LogP contribution in [0.15, 0.2) is 18.2 Å². The number of fused-ring (bicyclic) bond motifs is 1. The summed E-state index contributed by atoms with van der Waals surface area (Å²) in [7, 11) is 2.18. The van der Waals surface area contributed by atoms with Crippen LogP contribution in [0.3, 0.4) is 0 Å². The van der Waals surface area contributed by atoms with Gasteiger partial charge in [0.15, 0.2) is 0 Å². The highest BCUT2D eigenvalue weighted by Gasteiger charge is 2.16. The van der Waals surface area contributed by atoms with Crippen LogP contribution in [-0.2, 0) is 13.0 Å². The van der Waals surface area contributed by atoms with Gasteiger partial charge in [-0.05, 0) is 48.9 Å². The van der Waals surface area contributed by atoms with Gasteiger partial charge in [-0.1, -0.05) is 25.0 Å². The molecule has 0 bridgehead atoms. The molecule has 0 unspecified atom stereocenters. The van der Waals surface area contributed by atoms with Crippen molar-refractivity contribution in [1.29, 1.82) is 0 Å². The number of hydrogen-bond acceptors (Lipinski definition) is 2. The molecule has 1 aromatic rings. The largest absolute Gasteiger partial charge is 0.374 e. The predicted octanol–water partition coefficient (Wildman–Crippen LogP) is 2.96. The third-order valence-corrected chi connectivity index (χ3v) is 4.51. The Hall–Kier alpha value is -1.02. The summed E-state index contributed by atoms with van der Waals surface area (Å²) < 4.78 is 0. The summed E-state index contributed by atoms with van der Waals surface area (Å²) in [6, 6.07) is 6.96. The molecule has 1 aliphatic heterocycles. The summed E-state index contributed by atoms with van der Waals surface area (Å²) in [6.45, 7) is 3.42. The van der Waals surface area contributed by atoms with Crippen molar-refractivity contribution < 1.29 is 0 Å². The van der Waals surface area contributed by atoms with Crippen LogP contribution >= 0.6 is 0 Å². The van der Waals surface area contributed by atoms with Gasteiger partial charge in [0.2, 0.25) is 0 Å². The van der Waals surface area contributed by atoms with Gasteiger partial charge in [0.05, 0.1) is 0 Å². The highest BCUT2D eigenvalue weighted by atomic mass is 15.1. The normalized spacial score (nSPS) is 19.5. The smallest absolute Gasteiger partial charge is 0.0397 e. The van der Waals surface area contributed by atoms with E-state index in [-0.39, 0.29) is 0 Å². The van der Waals surface area contributed by atoms with Crippen LogP contribution in [0, 0.1) is 5.92 Å². The lowest BCUT2D eigenvalue weighted by Crippen LogP contribution is -2.20. The average Bonchev–Trinajstić information content (AvgIpc) is 3.00. The molecule has 0 aromatic heterocycles. The Balaban J connectivity index is 1.53. The molecule has 2 heteroatoms. The molecule has 1 N–H and O–H groups in total. The van der Waals surface area contributed by atoms with Gasteiger partial charge in [-0.25, -0.2) is 0 Å². The molecule has 1 aromatic carbocycles. The molecule has 2 aliphatic rings. The monoisotopic (exact) mass is 244 g/mol. The molecule has 18 heavy (non-hydrogen) atoms. The van der Waals surface area contributed by atoms with Gasteiger partial charge in [-0.15, -0.1) is 0 Å². The van der Waals surface area contributed by atoms with E-state index in [2.05, 4.69) is 35.5 Å². The Bertz CT molecular complexity index is 408. The number of nitrogens with zero attached hydrogens (tertiary/aromatic N) is 1. The van der Waals surface area contributed by atoms with Crippen LogP contribution in [-0.4, -0.2) is 20.1 Å². The number of hydrogen-bond donors (Lipinski definition) is 1. The van der Waals surface area contributed by atoms with E-state index >= 15 is 0 Å². The third kappa shape index (κ3) is 2.54. The van der Waals surface area contributed by atoms with Crippen LogP contribution < -0.4 is 10.2 Å². The zero-order valence-electron chi connectivity index (χ0n) is 11.4. The van der Waals surface area contributed by atoms with E-state index in [0.29, 0.717) is 0 Å². The first-order chi connectivity index (χ1) is 8.83. The summed E-state index contributed by atoms with van der Waals surface area (Å²) in [5.41, 5.74) is 4.40. The summed E-state index contributed by atoms with van der Waals surface area (Å²) >= 11 is 0. The Labute approximate surface area is 110 Å². The standard InChI is InChI=1S/C16H24N2/c1-18-9-8-15-10-14(6-7-16(15)18)12-17-11-13-4-2-3-5-13/h6-7,10,13,17H,2-5,8-9,11-12H2,1H3. The van der Waals surface area contributed by atoms with Crippen molar-refractivity contribution in [2.75, 3.05) is 25.0 Å². The molecule has 1 saturated carbocycles. The molecule has 3 rings (SSSR count). The van der Waals surface area contributed by atoms with Gasteiger partial charge in [-0.2, -0.15) is 0 Å². The number of anilines is 1. The Morgan fingerprint density at radius 3 is 2.94 bits per heavy atom. The van der Waals surface area contributed by atoms with Crippen molar-refractivity contribution in [2.45, 2.75) is 38.6 Å². The Morgan fingerprint density at radius 1 is 1.28 bits per heavy atom. The number of rotatable bonds is 4. The fraction of sp³-hybridized carbons (Fsp3) is 0.625. The fourth-order valence-corrected chi connectivity index (χ4v) is 3.37. The van der Waals surface area contributed by atoms with E-state index in [1.807, 2.05) is 0 Å². The number of benzene rings is 1. The second kappa shape index (κ2) is 5.31. The van der Waals surface area contributed by atoms with Crippen LogP contribution in [0.2, 0.25) is 0 Å². The summed E-state index contributed by atoms with van der Waals surface area (Å²) in [5.74, 6) is 0.936. The number of nitrogens with one attached hydrogen (secondary N) is 1. The van der Waals surface area contributed by atoms with Crippen molar-refractivity contribution >= 4 is 5.69 Å². The van der Waals surface area contributed by atoms with Gasteiger partial charge in [0, 0.05) is 25.8 Å². The van der Waals surface area contributed by atoms with Gasteiger partial charge >= 0.3 is 0 Å². The summed E-state index contributed by atoms with van der Waals surface area (Å²) in [4.78, 5) is 2.35. The molecule has 1 aliphatic carbocycles. The molecular formula is C16H24N2. The molecule has 0 atom stereocenters. The molecule has 98 valence electrons. The van der Waals surface area contributed by atoms with Crippen molar-refractivity contribution in [3.05, 3.63) is 29.3 Å². The lowest BCUT2D eigenvalue weighted by Gasteiger charge is -2.13. The van der Waals surface area contributed by atoms with E-state index in [9.17, 15) is 0 Å². The van der Waals surface area contributed by atoms with Gasteiger partial charge < -0.3 is 10.2 Å². The van der Waals surface area contributed by atoms with E-state index in [0.717, 1.165) is 12.5 Å². The second-order valence-electron chi connectivity index (χ2n) is 5.92. The maximum Gasteiger partial charge on any atom is 0.0397 e. The second-order valence-corrected chi connectivity index (χ2v) is 5.92. The zero-order valence-corrected chi connectivity index (χ0v) is 11.4. The molecule has 0 saturated heterocycles. The Kier molecular flexibility index (Phi) is 3.55. The van der Waals surface area contributed by atoms with Gasteiger partial charge in [-0.3, -0.25) is 0 Å². The van der Waals surface area contributed by atoms with Crippen LogP contribution in [0.1, 0.15) is 36.8 Å². The van der Waals surface area contributed by atoms with Crippen molar-refractivity contribution in [3.8, 4) is 0 Å². The number of likely N-dealkylation sites (N-methyl/N-ethyl adjacent to an activating group) is 1. The van der Waals surface area contributed by atoms with Crippen LogP contribution in [0.25, 0.3) is 0 Å². The SMILES string of the molecule is CN1CCc2cc(CNCC3CCCC3)ccc21. The van der Waals surface area contributed by atoms with Gasteiger partial charge in [0.1, 0.15) is 0 Å². The van der Waals surface area contributed by atoms with E-state index in [1.165, 1.54) is 62.0 Å². The van der Waals surface area contributed by atoms with E-state index in [1.54, 1.807) is 0 Å².